The first-order chi connectivity index (χ1) is 18.3. The van der Waals surface area contributed by atoms with Gasteiger partial charge in [0.15, 0.2) is 0 Å². The third-order valence-electron chi connectivity index (χ3n) is 6.09. The van der Waals surface area contributed by atoms with E-state index in [1.54, 1.807) is 0 Å². The zero-order valence-corrected chi connectivity index (χ0v) is 21.9. The number of carbonyl (C=O) groups excluding carboxylic acids is 3. The molecule has 2 amide bonds. The molecule has 0 aliphatic heterocycles. The van der Waals surface area contributed by atoms with Gasteiger partial charge >= 0.3 is 6.18 Å². The van der Waals surface area contributed by atoms with Gasteiger partial charge in [-0.3, -0.25) is 14.4 Å². The number of phenols is 1. The second-order valence-electron chi connectivity index (χ2n) is 9.07. The average Bonchev–Trinajstić information content (AvgIpc) is 2.88. The molecule has 9 nitrogen and oxygen atoms in total. The van der Waals surface area contributed by atoms with E-state index in [2.05, 4.69) is 10.6 Å². The minimum Gasteiger partial charge on any atom is -0.506 e. The molecule has 0 saturated carbocycles. The molecular formula is C26H33ClF3N5O4. The Morgan fingerprint density at radius 2 is 1.56 bits per heavy atom. The van der Waals surface area contributed by atoms with E-state index in [4.69, 9.17) is 28.8 Å². The summed E-state index contributed by atoms with van der Waals surface area (Å²) in [4.78, 5) is 38.4. The van der Waals surface area contributed by atoms with E-state index in [-0.39, 0.29) is 47.4 Å². The Bertz CT molecular complexity index is 1130. The lowest BCUT2D eigenvalue weighted by Gasteiger charge is -2.22. The smallest absolute Gasteiger partial charge is 0.416 e. The number of hydrogen-bond acceptors (Lipinski definition) is 7. The highest BCUT2D eigenvalue weighted by Crippen LogP contribution is 2.30. The van der Waals surface area contributed by atoms with Crippen LogP contribution in [-0.2, 0) is 27.0 Å². The summed E-state index contributed by atoms with van der Waals surface area (Å²) in [5.74, 6) is -2.25. The van der Waals surface area contributed by atoms with Crippen LogP contribution in [0.1, 0.15) is 36.8 Å². The number of rotatable bonds is 14. The van der Waals surface area contributed by atoms with E-state index in [0.717, 1.165) is 12.1 Å². The average molecular weight is 572 g/mol. The summed E-state index contributed by atoms with van der Waals surface area (Å²) in [6, 6.07) is 5.65. The van der Waals surface area contributed by atoms with Crippen LogP contribution in [0.4, 0.5) is 18.9 Å². The van der Waals surface area contributed by atoms with E-state index < -0.39 is 35.6 Å². The van der Waals surface area contributed by atoms with Crippen LogP contribution in [0.3, 0.4) is 0 Å². The molecule has 214 valence electrons. The standard InChI is InChI=1S/C26H33ClF3N5O4/c27-18-5-7-23(37)20(14-18)34-25(39)21(13-15-1-3-17(4-2-15)26(28,29)30)35-24(38)19(33)6-8-22(36)16(9-11-31)10-12-32/h1-5,7,14,16,19,21,37H,6,8-13,31-33H2,(H,34,39)(H,35,38)/t19-,21+/m0/s1. The van der Waals surface area contributed by atoms with Crippen molar-refractivity contribution in [2.24, 2.45) is 23.1 Å². The molecule has 9 N–H and O–H groups in total. The fourth-order valence-corrected chi connectivity index (χ4v) is 4.06. The van der Waals surface area contributed by atoms with Gasteiger partial charge in [0.2, 0.25) is 11.8 Å². The lowest BCUT2D eigenvalue weighted by atomic mass is 9.92. The van der Waals surface area contributed by atoms with Crippen molar-refractivity contribution in [3.63, 3.8) is 0 Å². The molecule has 2 atom stereocenters. The van der Waals surface area contributed by atoms with Crippen molar-refractivity contribution < 1.29 is 32.7 Å². The number of carbonyl (C=O) groups is 3. The first-order valence-corrected chi connectivity index (χ1v) is 12.7. The Morgan fingerprint density at radius 1 is 0.949 bits per heavy atom. The van der Waals surface area contributed by atoms with E-state index in [1.807, 2.05) is 0 Å². The summed E-state index contributed by atoms with van der Waals surface area (Å²) in [7, 11) is 0. The predicted octanol–water partition coefficient (Wildman–Crippen LogP) is 2.72. The van der Waals surface area contributed by atoms with E-state index >= 15 is 0 Å². The Morgan fingerprint density at radius 3 is 2.13 bits per heavy atom. The molecule has 39 heavy (non-hydrogen) atoms. The second kappa shape index (κ2) is 14.8. The molecule has 0 radical (unpaired) electrons. The summed E-state index contributed by atoms with van der Waals surface area (Å²) in [6.45, 7) is 0.623. The molecular weight excluding hydrogens is 539 g/mol. The van der Waals surface area contributed by atoms with E-state index in [0.29, 0.717) is 31.5 Å². The van der Waals surface area contributed by atoms with Gasteiger partial charge in [-0.25, -0.2) is 0 Å². The minimum atomic E-state index is -4.54. The molecule has 0 unspecified atom stereocenters. The van der Waals surface area contributed by atoms with Gasteiger partial charge in [0.1, 0.15) is 17.6 Å². The van der Waals surface area contributed by atoms with Gasteiger partial charge in [-0.05, 0) is 68.2 Å². The number of anilines is 1. The topological polar surface area (TPSA) is 174 Å². The fraction of sp³-hybridized carbons (Fsp3) is 0.423. The summed E-state index contributed by atoms with van der Waals surface area (Å²) in [6.07, 6.45) is -3.79. The van der Waals surface area contributed by atoms with E-state index in [9.17, 15) is 32.7 Å². The van der Waals surface area contributed by atoms with Crippen molar-refractivity contribution in [3.05, 3.63) is 58.6 Å². The number of Topliss-reactive ketones (excluding diaryl/α,β-unsaturated/α-hetero) is 1. The highest BCUT2D eigenvalue weighted by molar-refractivity contribution is 6.31. The van der Waals surface area contributed by atoms with Crippen molar-refractivity contribution >= 4 is 34.9 Å². The number of aromatic hydroxyl groups is 1. The van der Waals surface area contributed by atoms with Crippen LogP contribution in [0, 0.1) is 5.92 Å². The lowest BCUT2D eigenvalue weighted by molar-refractivity contribution is -0.137. The number of amides is 2. The molecule has 0 heterocycles. The summed E-state index contributed by atoms with van der Waals surface area (Å²) in [5, 5.41) is 15.2. The first-order valence-electron chi connectivity index (χ1n) is 12.3. The van der Waals surface area contributed by atoms with Crippen LogP contribution >= 0.6 is 11.6 Å². The number of phenolic OH excluding ortho intramolecular Hbond substituents is 1. The molecule has 2 aromatic rings. The van der Waals surface area contributed by atoms with Crippen LogP contribution in [0.2, 0.25) is 5.02 Å². The van der Waals surface area contributed by atoms with Crippen molar-refractivity contribution in [1.29, 1.82) is 0 Å². The van der Waals surface area contributed by atoms with Gasteiger partial charge in [-0.1, -0.05) is 23.7 Å². The Balaban J connectivity index is 2.16. The number of hydrogen-bond donors (Lipinski definition) is 6. The first kappa shape index (κ1) is 32.0. The van der Waals surface area contributed by atoms with Gasteiger partial charge in [0.25, 0.3) is 0 Å². The van der Waals surface area contributed by atoms with Gasteiger partial charge in [0.05, 0.1) is 17.3 Å². The van der Waals surface area contributed by atoms with Gasteiger partial charge in [-0.2, -0.15) is 13.2 Å². The summed E-state index contributed by atoms with van der Waals surface area (Å²) >= 11 is 5.93. The predicted molar refractivity (Wildman–Crippen MR) is 142 cm³/mol. The van der Waals surface area contributed by atoms with Crippen molar-refractivity contribution in [1.82, 2.24) is 5.32 Å². The number of nitrogens with two attached hydrogens (primary N) is 3. The third kappa shape index (κ3) is 10.1. The number of nitrogens with one attached hydrogen (secondary N) is 2. The fourth-order valence-electron chi connectivity index (χ4n) is 3.88. The maximum Gasteiger partial charge on any atom is 0.416 e. The molecule has 0 aliphatic carbocycles. The summed E-state index contributed by atoms with van der Waals surface area (Å²) < 4.78 is 38.8. The number of ketones is 1. The molecule has 0 saturated heterocycles. The van der Waals surface area contributed by atoms with Gasteiger partial charge in [-0.15, -0.1) is 0 Å². The van der Waals surface area contributed by atoms with Crippen LogP contribution in [0.5, 0.6) is 5.75 Å². The zero-order valence-electron chi connectivity index (χ0n) is 21.1. The van der Waals surface area contributed by atoms with Crippen molar-refractivity contribution in [2.75, 3.05) is 18.4 Å². The second-order valence-corrected chi connectivity index (χ2v) is 9.51. The molecule has 0 fully saturated rings. The van der Waals surface area contributed by atoms with Crippen molar-refractivity contribution in [2.45, 2.75) is 50.4 Å². The summed E-state index contributed by atoms with van der Waals surface area (Å²) in [5.41, 5.74) is 16.5. The number of halogens is 4. The molecule has 2 rings (SSSR count). The Hall–Kier alpha value is -3.19. The Kier molecular flexibility index (Phi) is 12.2. The molecule has 0 aromatic heterocycles. The van der Waals surface area contributed by atoms with Gasteiger partial charge in [0, 0.05) is 23.8 Å². The maximum absolute atomic E-state index is 13.1. The lowest BCUT2D eigenvalue weighted by Crippen LogP contribution is -2.51. The molecule has 0 bridgehead atoms. The number of benzene rings is 2. The van der Waals surface area contributed by atoms with Crippen molar-refractivity contribution in [3.8, 4) is 5.75 Å². The monoisotopic (exact) mass is 571 g/mol. The van der Waals surface area contributed by atoms with Crippen LogP contribution < -0.4 is 27.8 Å². The van der Waals surface area contributed by atoms with E-state index in [1.165, 1.54) is 30.3 Å². The van der Waals surface area contributed by atoms with Crippen LogP contribution in [-0.4, -0.2) is 47.9 Å². The Labute approximate surface area is 229 Å². The third-order valence-corrected chi connectivity index (χ3v) is 6.33. The molecule has 2 aromatic carbocycles. The largest absolute Gasteiger partial charge is 0.506 e. The molecule has 13 heteroatoms. The SMILES string of the molecule is NCCC(CCN)C(=O)CC[C@H](N)C(=O)N[C@H](Cc1ccc(C(F)(F)F)cc1)C(=O)Nc1cc(Cl)ccc1O. The molecule has 0 aliphatic rings. The minimum absolute atomic E-state index is 0.00000947. The van der Waals surface area contributed by atoms with Crippen LogP contribution in [0.25, 0.3) is 0 Å². The normalized spacial score (nSPS) is 13.1. The number of alkyl halides is 3. The highest BCUT2D eigenvalue weighted by atomic mass is 35.5. The van der Waals surface area contributed by atoms with Gasteiger partial charge < -0.3 is 32.9 Å². The molecule has 0 spiro atoms. The van der Waals surface area contributed by atoms with Crippen LogP contribution in [0.15, 0.2) is 42.5 Å². The maximum atomic E-state index is 13.1. The zero-order chi connectivity index (χ0) is 29.2. The quantitative estimate of drug-likeness (QED) is 0.189. The highest BCUT2D eigenvalue weighted by Gasteiger charge is 2.31.